The van der Waals surface area contributed by atoms with E-state index in [9.17, 15) is 9.59 Å². The second kappa shape index (κ2) is 11.2. The Morgan fingerprint density at radius 3 is 2.32 bits per heavy atom. The van der Waals surface area contributed by atoms with Crippen LogP contribution in [0, 0.1) is 0 Å². The number of benzene rings is 2. The second-order valence-corrected chi connectivity index (χ2v) is 8.28. The SMILES string of the molecule is CCN(CC(=O)NCc1ccc(Cl)cc1)C(=O)CSc1nnc(-c2ccc(Cl)cc2)o1. The average Bonchev–Trinajstić information content (AvgIpc) is 3.25. The summed E-state index contributed by atoms with van der Waals surface area (Å²) in [5, 5.41) is 12.3. The van der Waals surface area contributed by atoms with Crippen molar-refractivity contribution in [3.05, 3.63) is 64.1 Å². The van der Waals surface area contributed by atoms with Crippen molar-refractivity contribution in [2.24, 2.45) is 0 Å². The van der Waals surface area contributed by atoms with Crippen molar-refractivity contribution in [2.45, 2.75) is 18.7 Å². The molecule has 0 spiro atoms. The van der Waals surface area contributed by atoms with Crippen LogP contribution in [0.1, 0.15) is 12.5 Å². The van der Waals surface area contributed by atoms with Crippen LogP contribution in [0.5, 0.6) is 0 Å². The molecule has 2 amide bonds. The Morgan fingerprint density at radius 1 is 1.03 bits per heavy atom. The minimum Gasteiger partial charge on any atom is -0.411 e. The fraction of sp³-hybridized carbons (Fsp3) is 0.238. The highest BCUT2D eigenvalue weighted by Gasteiger charge is 2.18. The van der Waals surface area contributed by atoms with Gasteiger partial charge in [0.1, 0.15) is 0 Å². The molecule has 0 aliphatic rings. The van der Waals surface area contributed by atoms with Crippen molar-refractivity contribution >= 4 is 46.8 Å². The van der Waals surface area contributed by atoms with E-state index >= 15 is 0 Å². The molecule has 1 aromatic heterocycles. The predicted molar refractivity (Wildman–Crippen MR) is 121 cm³/mol. The first kappa shape index (κ1) is 23.1. The molecule has 0 unspecified atom stereocenters. The molecule has 3 aromatic rings. The van der Waals surface area contributed by atoms with Gasteiger partial charge in [-0.25, -0.2) is 0 Å². The number of hydrogen-bond donors (Lipinski definition) is 1. The number of nitrogens with zero attached hydrogens (tertiary/aromatic N) is 3. The number of halogens is 2. The molecule has 0 radical (unpaired) electrons. The molecular weight excluding hydrogens is 459 g/mol. The first-order valence-corrected chi connectivity index (χ1v) is 11.2. The molecule has 0 saturated carbocycles. The van der Waals surface area contributed by atoms with E-state index in [0.29, 0.717) is 29.0 Å². The monoisotopic (exact) mass is 478 g/mol. The van der Waals surface area contributed by atoms with Crippen LogP contribution in [-0.4, -0.2) is 45.8 Å². The van der Waals surface area contributed by atoms with Crippen molar-refractivity contribution < 1.29 is 14.0 Å². The number of amides is 2. The van der Waals surface area contributed by atoms with Gasteiger partial charge < -0.3 is 14.6 Å². The van der Waals surface area contributed by atoms with Gasteiger partial charge in [0.15, 0.2) is 0 Å². The van der Waals surface area contributed by atoms with Crippen LogP contribution in [0.4, 0.5) is 0 Å². The zero-order chi connectivity index (χ0) is 22.2. The van der Waals surface area contributed by atoms with Crippen LogP contribution >= 0.6 is 35.0 Å². The lowest BCUT2D eigenvalue weighted by atomic mass is 10.2. The average molecular weight is 479 g/mol. The van der Waals surface area contributed by atoms with Gasteiger partial charge in [0.2, 0.25) is 17.7 Å². The van der Waals surface area contributed by atoms with Gasteiger partial charge in [-0.15, -0.1) is 10.2 Å². The summed E-state index contributed by atoms with van der Waals surface area (Å²) < 4.78 is 5.59. The lowest BCUT2D eigenvalue weighted by Crippen LogP contribution is -2.41. The maximum atomic E-state index is 12.5. The number of thioether (sulfide) groups is 1. The maximum absolute atomic E-state index is 12.5. The van der Waals surface area contributed by atoms with Gasteiger partial charge in [0.25, 0.3) is 5.22 Å². The second-order valence-electron chi connectivity index (χ2n) is 6.48. The molecule has 1 heterocycles. The van der Waals surface area contributed by atoms with E-state index in [1.807, 2.05) is 19.1 Å². The third kappa shape index (κ3) is 6.99. The van der Waals surface area contributed by atoms with Crippen LogP contribution in [0.25, 0.3) is 11.5 Å². The zero-order valence-corrected chi connectivity index (χ0v) is 19.0. The fourth-order valence-corrected chi connectivity index (χ4v) is 3.52. The third-order valence-electron chi connectivity index (χ3n) is 4.29. The lowest BCUT2D eigenvalue weighted by Gasteiger charge is -2.19. The molecule has 162 valence electrons. The number of nitrogens with one attached hydrogen (secondary N) is 1. The van der Waals surface area contributed by atoms with Crippen molar-refractivity contribution in [2.75, 3.05) is 18.8 Å². The van der Waals surface area contributed by atoms with Gasteiger partial charge in [0, 0.05) is 28.7 Å². The molecule has 1 N–H and O–H groups in total. The topological polar surface area (TPSA) is 88.3 Å². The molecule has 0 aliphatic heterocycles. The van der Waals surface area contributed by atoms with Crippen LogP contribution < -0.4 is 5.32 Å². The van der Waals surface area contributed by atoms with Gasteiger partial charge in [-0.05, 0) is 48.9 Å². The first-order chi connectivity index (χ1) is 14.9. The van der Waals surface area contributed by atoms with Crippen molar-refractivity contribution in [1.82, 2.24) is 20.4 Å². The Labute approximate surface area is 194 Å². The summed E-state index contributed by atoms with van der Waals surface area (Å²) in [5.41, 5.74) is 1.66. The third-order valence-corrected chi connectivity index (χ3v) is 5.60. The highest BCUT2D eigenvalue weighted by atomic mass is 35.5. The largest absolute Gasteiger partial charge is 0.411 e. The predicted octanol–water partition coefficient (Wildman–Crippen LogP) is 4.30. The molecule has 7 nitrogen and oxygen atoms in total. The standard InChI is InChI=1S/C21H20Cl2N4O3S/c1-2-27(12-18(28)24-11-14-3-7-16(22)8-4-14)19(29)13-31-21-26-25-20(30-21)15-5-9-17(23)10-6-15/h3-10H,2,11-13H2,1H3,(H,24,28). The summed E-state index contributed by atoms with van der Waals surface area (Å²) in [6.07, 6.45) is 0. The number of hydrogen-bond acceptors (Lipinski definition) is 6. The summed E-state index contributed by atoms with van der Waals surface area (Å²) in [4.78, 5) is 26.2. The summed E-state index contributed by atoms with van der Waals surface area (Å²) in [7, 11) is 0. The molecule has 0 bridgehead atoms. The molecule has 2 aromatic carbocycles. The van der Waals surface area contributed by atoms with E-state index in [1.165, 1.54) is 4.90 Å². The van der Waals surface area contributed by atoms with E-state index in [2.05, 4.69) is 15.5 Å². The molecule has 31 heavy (non-hydrogen) atoms. The van der Waals surface area contributed by atoms with Crippen LogP contribution in [-0.2, 0) is 16.1 Å². The van der Waals surface area contributed by atoms with Gasteiger partial charge in [-0.3, -0.25) is 9.59 Å². The first-order valence-electron chi connectivity index (χ1n) is 9.45. The van der Waals surface area contributed by atoms with Crippen LogP contribution in [0.15, 0.2) is 58.2 Å². The van der Waals surface area contributed by atoms with Gasteiger partial charge in [-0.1, -0.05) is 47.1 Å². The van der Waals surface area contributed by atoms with E-state index in [1.54, 1.807) is 36.4 Å². The molecule has 0 aliphatic carbocycles. The number of rotatable bonds is 9. The molecule has 0 fully saturated rings. The summed E-state index contributed by atoms with van der Waals surface area (Å²) in [5.74, 6) is -0.000475. The molecule has 0 atom stereocenters. The Hall–Kier alpha value is -2.55. The fourth-order valence-electron chi connectivity index (χ4n) is 2.60. The van der Waals surface area contributed by atoms with Gasteiger partial charge in [-0.2, -0.15) is 0 Å². The summed E-state index contributed by atoms with van der Waals surface area (Å²) in [6.45, 7) is 2.57. The maximum Gasteiger partial charge on any atom is 0.277 e. The van der Waals surface area contributed by atoms with E-state index in [0.717, 1.165) is 22.9 Å². The Balaban J connectivity index is 1.47. The highest BCUT2D eigenvalue weighted by Crippen LogP contribution is 2.24. The quantitative estimate of drug-likeness (QED) is 0.461. The smallest absolute Gasteiger partial charge is 0.277 e. The number of likely N-dealkylation sites (N-methyl/N-ethyl adjacent to an activating group) is 1. The minimum atomic E-state index is -0.238. The minimum absolute atomic E-state index is 0.0245. The van der Waals surface area contributed by atoms with E-state index < -0.39 is 0 Å². The summed E-state index contributed by atoms with van der Waals surface area (Å²) in [6, 6.07) is 14.2. The normalized spacial score (nSPS) is 10.7. The zero-order valence-electron chi connectivity index (χ0n) is 16.7. The van der Waals surface area contributed by atoms with E-state index in [4.69, 9.17) is 27.6 Å². The number of carbonyl (C=O) groups excluding carboxylic acids is 2. The van der Waals surface area contributed by atoms with Crippen molar-refractivity contribution in [1.29, 1.82) is 0 Å². The van der Waals surface area contributed by atoms with Crippen LogP contribution in [0.2, 0.25) is 10.0 Å². The Bertz CT molecular complexity index is 1030. The number of carbonyl (C=O) groups is 2. The molecule has 0 saturated heterocycles. The molecule has 3 rings (SSSR count). The highest BCUT2D eigenvalue weighted by molar-refractivity contribution is 7.99. The van der Waals surface area contributed by atoms with Crippen molar-refractivity contribution in [3.8, 4) is 11.5 Å². The van der Waals surface area contributed by atoms with Crippen molar-refractivity contribution in [3.63, 3.8) is 0 Å². The number of aromatic nitrogens is 2. The van der Waals surface area contributed by atoms with Gasteiger partial charge in [0.05, 0.1) is 12.3 Å². The van der Waals surface area contributed by atoms with Gasteiger partial charge >= 0.3 is 0 Å². The molecular formula is C21H20Cl2N4O3S. The Morgan fingerprint density at radius 2 is 1.68 bits per heavy atom. The molecule has 10 heteroatoms. The Kier molecular flexibility index (Phi) is 8.34. The summed E-state index contributed by atoms with van der Waals surface area (Å²) >= 11 is 12.9. The van der Waals surface area contributed by atoms with Crippen LogP contribution in [0.3, 0.4) is 0 Å². The van der Waals surface area contributed by atoms with E-state index in [-0.39, 0.29) is 29.3 Å². The lowest BCUT2D eigenvalue weighted by molar-refractivity contribution is -0.133.